The van der Waals surface area contributed by atoms with E-state index in [0.717, 1.165) is 97.6 Å². The number of aromatic nitrogens is 4. The molecule has 0 bridgehead atoms. The summed E-state index contributed by atoms with van der Waals surface area (Å²) in [4.78, 5) is 17.8. The third-order valence-corrected chi connectivity index (χ3v) is 15.8. The second-order valence-electron chi connectivity index (χ2n) is 19.5. The minimum atomic E-state index is -3.92. The molecule has 0 amide bonds. The number of aliphatic hydroxyl groups excluding tert-OH is 2. The van der Waals surface area contributed by atoms with Crippen LogP contribution in [-0.2, 0) is 50.3 Å². The molecule has 435 valence electrons. The van der Waals surface area contributed by atoms with Gasteiger partial charge in [0.1, 0.15) is 11.2 Å². The van der Waals surface area contributed by atoms with Crippen molar-refractivity contribution in [3.63, 3.8) is 0 Å². The van der Waals surface area contributed by atoms with Gasteiger partial charge in [-0.05, 0) is 53.0 Å². The van der Waals surface area contributed by atoms with Gasteiger partial charge in [0.05, 0.1) is 36.3 Å². The molecule has 6 aromatic heterocycles. The van der Waals surface area contributed by atoms with Crippen LogP contribution in [0.1, 0.15) is 0 Å². The Kier molecular flexibility index (Phi) is 31.0. The Hall–Kier alpha value is -7.29. The summed E-state index contributed by atoms with van der Waals surface area (Å²) in [5.74, 6) is 0. The number of pyridine rings is 4. The van der Waals surface area contributed by atoms with Crippen molar-refractivity contribution in [1.82, 2.24) is 19.9 Å². The van der Waals surface area contributed by atoms with Gasteiger partial charge in [-0.3, -0.25) is 4.98 Å². The van der Waals surface area contributed by atoms with Crippen LogP contribution in [0, 0.1) is 31.0 Å². The second kappa shape index (κ2) is 35.8. The maximum absolute atomic E-state index is 9.08. The first kappa shape index (κ1) is 72.8. The Labute approximate surface area is 525 Å². The summed E-state index contributed by atoms with van der Waals surface area (Å²) in [6.45, 7) is 14.2. The topological polar surface area (TPSA) is 175 Å². The van der Waals surface area contributed by atoms with E-state index in [2.05, 4.69) is 151 Å². The van der Waals surface area contributed by atoms with Crippen molar-refractivity contribution in [3.8, 4) is 57.9 Å². The molecule has 5 radical (unpaired) electrons. The fraction of sp³-hybridized carbons (Fsp3) is 0.134. The predicted octanol–water partition coefficient (Wildman–Crippen LogP) is 13.5. The molecule has 0 saturated carbocycles. The summed E-state index contributed by atoms with van der Waals surface area (Å²) >= 11 is 0. The largest absolute Gasteiger partial charge is 0.748 e. The van der Waals surface area contributed by atoms with Crippen molar-refractivity contribution in [2.45, 2.75) is 39.3 Å². The van der Waals surface area contributed by atoms with Crippen molar-refractivity contribution >= 4 is 88.9 Å². The SMILES string of the molecule is C#C.CO.CO.CS(=O)(=O)[O-].C[Si](C)(C)c1ccc[c-]c1-c1cc2c(cn1)oc1ccccc12.C[Si](C)(C)c1ccccc1-c1cc2c(cn1)oc1ccccc12.[B].[Ir].[Ir].[c-]1ccccc1-c1ccccn1.[c-]1ccccc1-c1ccccn1. The zero-order valence-electron chi connectivity index (χ0n) is 48.2. The summed E-state index contributed by atoms with van der Waals surface area (Å²) in [6.07, 6.45) is 15.9. The molecule has 0 aliphatic carbocycles. The fourth-order valence-corrected chi connectivity index (χ4v) is 11.5. The third kappa shape index (κ3) is 21.1. The Morgan fingerprint density at radius 1 is 0.452 bits per heavy atom. The van der Waals surface area contributed by atoms with Gasteiger partial charge in [0.15, 0.2) is 11.2 Å². The zero-order valence-corrected chi connectivity index (χ0v) is 55.8. The van der Waals surface area contributed by atoms with E-state index in [1.54, 1.807) is 12.4 Å². The van der Waals surface area contributed by atoms with E-state index in [0.29, 0.717) is 6.26 Å². The molecule has 11 nitrogen and oxygen atoms in total. The molecule has 0 aliphatic rings. The van der Waals surface area contributed by atoms with E-state index in [4.69, 9.17) is 32.0 Å². The van der Waals surface area contributed by atoms with Crippen molar-refractivity contribution in [3.05, 3.63) is 231 Å². The van der Waals surface area contributed by atoms with Crippen LogP contribution < -0.4 is 10.4 Å². The summed E-state index contributed by atoms with van der Waals surface area (Å²) in [6, 6.07) is 72.6. The first-order valence-electron chi connectivity index (χ1n) is 25.6. The minimum absolute atomic E-state index is 0. The van der Waals surface area contributed by atoms with E-state index in [1.807, 2.05) is 140 Å². The van der Waals surface area contributed by atoms with Gasteiger partial charge in [0.25, 0.3) is 0 Å². The first-order valence-corrected chi connectivity index (χ1v) is 34.4. The predicted molar refractivity (Wildman–Crippen MR) is 343 cm³/mol. The zero-order chi connectivity index (χ0) is 59.0. The monoisotopic (exact) mass is 1520 g/mol. The molecule has 2 N–H and O–H groups in total. The second-order valence-corrected chi connectivity index (χ2v) is 31.0. The number of aliphatic hydroxyl groups is 2. The van der Waals surface area contributed by atoms with Crippen molar-refractivity contribution < 1.29 is 72.2 Å². The Balaban J connectivity index is 0.000000369. The molecule has 0 saturated heterocycles. The summed E-state index contributed by atoms with van der Waals surface area (Å²) in [7, 11) is -4.81. The number of para-hydroxylation sites is 2. The first-order chi connectivity index (χ1) is 39.0. The number of terminal acetylenes is 1. The number of rotatable bonds is 6. The Morgan fingerprint density at radius 2 is 0.833 bits per heavy atom. The fourth-order valence-electron chi connectivity index (χ4n) is 8.33. The number of furan rings is 2. The average molecular weight is 1520 g/mol. The number of fused-ring (bicyclic) bond motifs is 6. The van der Waals surface area contributed by atoms with Gasteiger partial charge >= 0.3 is 0 Å². The van der Waals surface area contributed by atoms with E-state index >= 15 is 0 Å². The van der Waals surface area contributed by atoms with Crippen molar-refractivity contribution in [2.24, 2.45) is 0 Å². The Morgan fingerprint density at radius 3 is 1.26 bits per heavy atom. The average Bonchev–Trinajstić information content (AvgIpc) is 2.48. The van der Waals surface area contributed by atoms with E-state index in [9.17, 15) is 0 Å². The molecular formula is C67H66BIr2N4O7SSi2-4. The van der Waals surface area contributed by atoms with E-state index in [1.165, 1.54) is 15.9 Å². The van der Waals surface area contributed by atoms with Crippen LogP contribution in [-0.4, -0.2) is 88.2 Å². The number of nitrogens with zero attached hydrogens (tertiary/aromatic N) is 4. The van der Waals surface area contributed by atoms with Crippen molar-refractivity contribution in [2.75, 3.05) is 20.5 Å². The Bertz CT molecular complexity index is 3660. The molecule has 6 heterocycles. The summed E-state index contributed by atoms with van der Waals surface area (Å²) in [5.41, 5.74) is 11.9. The molecular weight excluding hydrogens is 1460 g/mol. The molecule has 6 aromatic carbocycles. The van der Waals surface area contributed by atoms with Gasteiger partial charge in [-0.1, -0.05) is 135 Å². The molecule has 17 heteroatoms. The maximum Gasteiger partial charge on any atom is 0.153 e. The number of hydrogen-bond acceptors (Lipinski definition) is 11. The molecule has 0 spiro atoms. The van der Waals surface area contributed by atoms with Gasteiger partial charge in [-0.15, -0.1) is 120 Å². The van der Waals surface area contributed by atoms with Crippen LogP contribution in [0.15, 0.2) is 222 Å². The molecule has 12 aromatic rings. The third-order valence-electron chi connectivity index (χ3n) is 11.8. The van der Waals surface area contributed by atoms with Crippen LogP contribution in [0.5, 0.6) is 0 Å². The summed E-state index contributed by atoms with van der Waals surface area (Å²) < 4.78 is 39.0. The van der Waals surface area contributed by atoms with Crippen LogP contribution in [0.4, 0.5) is 0 Å². The molecule has 12 rings (SSSR count). The quantitative estimate of drug-likeness (QED) is 0.0701. The van der Waals surface area contributed by atoms with Gasteiger partial charge in [0, 0.05) is 111 Å². The van der Waals surface area contributed by atoms with Crippen LogP contribution in [0.25, 0.3) is 88.9 Å². The van der Waals surface area contributed by atoms with Crippen molar-refractivity contribution in [1.29, 1.82) is 0 Å². The number of benzene rings is 6. The van der Waals surface area contributed by atoms with Crippen LogP contribution in [0.2, 0.25) is 39.3 Å². The summed E-state index contributed by atoms with van der Waals surface area (Å²) in [5, 5.41) is 21.4. The smallest absolute Gasteiger partial charge is 0.153 e. The van der Waals surface area contributed by atoms with Gasteiger partial charge in [-0.25, -0.2) is 8.42 Å². The normalized spacial score (nSPS) is 10.3. The van der Waals surface area contributed by atoms with Gasteiger partial charge in [-0.2, -0.15) is 0 Å². The molecule has 0 fully saturated rings. The van der Waals surface area contributed by atoms with Gasteiger partial charge in [0.2, 0.25) is 0 Å². The van der Waals surface area contributed by atoms with Gasteiger partial charge < -0.3 is 38.6 Å². The molecule has 0 unspecified atom stereocenters. The standard InChI is InChI=1S/C20H19NOSi.C20H18NOSi.2C11H8N.C2H2.CH4O3S.2CH4O.B.2Ir/c2*1-23(2,3)20-11-7-5-9-15(20)17-12-16-14-8-4-6-10-18(14)22-19(16)13-21-17;2*1-2-6-10(7-3-1)11-8-4-5-9-12-11;1-2;1-5(2,3)4;2*1-2;;;/h4-13H,1-3H3;4-8,10-13H,1-3H3;2*1-6,8-9H;1-2H;1H3,(H,2,3,4);2*2H,1H3;;;/q;3*-1;;;;;;;/p-1. The van der Waals surface area contributed by atoms with Crippen LogP contribution >= 0.6 is 0 Å². The van der Waals surface area contributed by atoms with Crippen LogP contribution in [0.3, 0.4) is 0 Å². The minimum Gasteiger partial charge on any atom is -0.748 e. The van der Waals surface area contributed by atoms with E-state index in [-0.39, 0.29) is 48.6 Å². The molecule has 0 aliphatic heterocycles. The molecule has 84 heavy (non-hydrogen) atoms. The maximum atomic E-state index is 9.08. The number of hydrogen-bond donors (Lipinski definition) is 2. The van der Waals surface area contributed by atoms with E-state index < -0.39 is 26.3 Å². The molecule has 0 atom stereocenters.